The van der Waals surface area contributed by atoms with Crippen molar-refractivity contribution in [2.75, 3.05) is 0 Å². The van der Waals surface area contributed by atoms with Crippen molar-refractivity contribution in [1.82, 2.24) is 0 Å². The van der Waals surface area contributed by atoms with E-state index in [1.807, 2.05) is 0 Å². The third-order valence-corrected chi connectivity index (χ3v) is 5.10. The maximum absolute atomic E-state index is 11.4. The summed E-state index contributed by atoms with van der Waals surface area (Å²) in [5, 5.41) is 0. The van der Waals surface area contributed by atoms with Gasteiger partial charge in [0.15, 0.2) is 0 Å². The van der Waals surface area contributed by atoms with Crippen molar-refractivity contribution >= 4 is 5.78 Å². The molecule has 4 fully saturated rings. The van der Waals surface area contributed by atoms with Crippen LogP contribution < -0.4 is 0 Å². The Balaban J connectivity index is 1.89. The molecule has 0 amide bonds. The van der Waals surface area contributed by atoms with Crippen LogP contribution in [-0.2, 0) is 4.79 Å². The maximum Gasteiger partial charge on any atom is 0.130 e. The molecule has 0 heterocycles. The predicted molar refractivity (Wildman–Crippen MR) is 60.5 cm³/mol. The highest BCUT2D eigenvalue weighted by atomic mass is 16.1. The van der Waals surface area contributed by atoms with Crippen molar-refractivity contribution in [3.8, 4) is 0 Å². The molecule has 2 atom stereocenters. The molecule has 1 heteroatoms. The van der Waals surface area contributed by atoms with Gasteiger partial charge < -0.3 is 4.79 Å². The summed E-state index contributed by atoms with van der Waals surface area (Å²) in [5.74, 6) is 2.33. The topological polar surface area (TPSA) is 17.1 Å². The summed E-state index contributed by atoms with van der Waals surface area (Å²) in [4.78, 5) is 11.4. The van der Waals surface area contributed by atoms with Gasteiger partial charge in [-0.1, -0.05) is 6.92 Å². The molecule has 4 rings (SSSR count). The van der Waals surface area contributed by atoms with E-state index in [1.165, 1.54) is 38.5 Å². The van der Waals surface area contributed by atoms with Gasteiger partial charge in [0, 0.05) is 6.42 Å². The third kappa shape index (κ3) is 1.55. The lowest BCUT2D eigenvalue weighted by atomic mass is 9.44. The van der Waals surface area contributed by atoms with Crippen LogP contribution in [0.1, 0.15) is 58.8 Å². The standard InChI is InChI=1S/C14H22O/c1-10(15)4-14-7-11-3-12(8-14)6-13(2,5-11)9-14/h11-12H,3-9H2,1-2H3/t11-,12-,13?,14?/m0/s1. The molecule has 0 aromatic carbocycles. The zero-order valence-corrected chi connectivity index (χ0v) is 10.0. The van der Waals surface area contributed by atoms with E-state index >= 15 is 0 Å². The van der Waals surface area contributed by atoms with Crippen LogP contribution in [0, 0.1) is 22.7 Å². The van der Waals surface area contributed by atoms with Crippen molar-refractivity contribution < 1.29 is 4.79 Å². The van der Waals surface area contributed by atoms with Gasteiger partial charge in [-0.3, -0.25) is 0 Å². The Morgan fingerprint density at radius 3 is 2.27 bits per heavy atom. The largest absolute Gasteiger partial charge is 0.300 e. The minimum Gasteiger partial charge on any atom is -0.300 e. The Hall–Kier alpha value is -0.330. The molecule has 0 aromatic rings. The SMILES string of the molecule is CC(=O)CC12C[C@H]3C[C@@H](CC(C)(C3)C1)C2. The second-order valence-electron chi connectivity index (χ2n) is 7.15. The van der Waals surface area contributed by atoms with E-state index in [1.54, 1.807) is 6.92 Å². The second kappa shape index (κ2) is 2.87. The average Bonchev–Trinajstić information content (AvgIpc) is 1.94. The molecule has 0 saturated heterocycles. The van der Waals surface area contributed by atoms with Gasteiger partial charge in [0.2, 0.25) is 0 Å². The summed E-state index contributed by atoms with van der Waals surface area (Å²) in [6.07, 6.45) is 9.29. The monoisotopic (exact) mass is 206 g/mol. The first kappa shape index (κ1) is 9.86. The Bertz CT molecular complexity index is 290. The van der Waals surface area contributed by atoms with E-state index in [9.17, 15) is 4.79 Å². The lowest BCUT2D eigenvalue weighted by Gasteiger charge is -2.61. The highest BCUT2D eigenvalue weighted by molar-refractivity contribution is 5.76. The van der Waals surface area contributed by atoms with Crippen LogP contribution >= 0.6 is 0 Å². The van der Waals surface area contributed by atoms with Gasteiger partial charge in [-0.25, -0.2) is 0 Å². The third-order valence-electron chi connectivity index (χ3n) is 5.10. The molecule has 4 aliphatic rings. The van der Waals surface area contributed by atoms with E-state index in [0.717, 1.165) is 18.3 Å². The summed E-state index contributed by atoms with van der Waals surface area (Å²) in [6.45, 7) is 4.25. The molecule has 0 spiro atoms. The molecule has 15 heavy (non-hydrogen) atoms. The molecule has 4 aliphatic carbocycles. The van der Waals surface area contributed by atoms with E-state index < -0.39 is 0 Å². The second-order valence-corrected chi connectivity index (χ2v) is 7.15. The van der Waals surface area contributed by atoms with Crippen LogP contribution in [0.15, 0.2) is 0 Å². The first-order valence-corrected chi connectivity index (χ1v) is 6.48. The summed E-state index contributed by atoms with van der Waals surface area (Å²) < 4.78 is 0. The zero-order chi connectivity index (χ0) is 10.7. The van der Waals surface area contributed by atoms with Crippen molar-refractivity contribution in [2.45, 2.75) is 58.8 Å². The minimum absolute atomic E-state index is 0.417. The molecular weight excluding hydrogens is 184 g/mol. The smallest absolute Gasteiger partial charge is 0.130 e. The van der Waals surface area contributed by atoms with Crippen LogP contribution in [0.3, 0.4) is 0 Å². The normalized spacial score (nSPS) is 52.1. The van der Waals surface area contributed by atoms with E-state index in [4.69, 9.17) is 0 Å². The summed E-state index contributed by atoms with van der Waals surface area (Å²) in [6, 6.07) is 0. The van der Waals surface area contributed by atoms with Gasteiger partial charge in [0.1, 0.15) is 5.78 Å². The Morgan fingerprint density at radius 2 is 1.80 bits per heavy atom. The van der Waals surface area contributed by atoms with Crippen LogP contribution in [0.25, 0.3) is 0 Å². The molecule has 1 nitrogen and oxygen atoms in total. The van der Waals surface area contributed by atoms with E-state index in [-0.39, 0.29) is 0 Å². The van der Waals surface area contributed by atoms with Crippen molar-refractivity contribution in [3.63, 3.8) is 0 Å². The van der Waals surface area contributed by atoms with Crippen molar-refractivity contribution in [3.05, 3.63) is 0 Å². The Labute approximate surface area is 92.6 Å². The van der Waals surface area contributed by atoms with E-state index in [0.29, 0.717) is 16.6 Å². The van der Waals surface area contributed by atoms with Crippen LogP contribution in [0.2, 0.25) is 0 Å². The summed E-state index contributed by atoms with van der Waals surface area (Å²) in [5.41, 5.74) is 1.03. The van der Waals surface area contributed by atoms with Crippen LogP contribution in [0.5, 0.6) is 0 Å². The molecule has 0 N–H and O–H groups in total. The molecular formula is C14H22O. The Morgan fingerprint density at radius 1 is 1.20 bits per heavy atom. The Kier molecular flexibility index (Phi) is 1.88. The minimum atomic E-state index is 0.417. The molecule has 0 aliphatic heterocycles. The number of hydrogen-bond donors (Lipinski definition) is 0. The van der Waals surface area contributed by atoms with Crippen molar-refractivity contribution in [2.24, 2.45) is 22.7 Å². The molecule has 4 bridgehead atoms. The van der Waals surface area contributed by atoms with Gasteiger partial charge in [0.05, 0.1) is 0 Å². The van der Waals surface area contributed by atoms with Gasteiger partial charge >= 0.3 is 0 Å². The zero-order valence-electron chi connectivity index (χ0n) is 10.0. The van der Waals surface area contributed by atoms with Gasteiger partial charge in [0.25, 0.3) is 0 Å². The van der Waals surface area contributed by atoms with Crippen LogP contribution in [-0.4, -0.2) is 5.78 Å². The van der Waals surface area contributed by atoms with Gasteiger partial charge in [-0.05, 0) is 68.1 Å². The lowest BCUT2D eigenvalue weighted by Crippen LogP contribution is -2.51. The number of carbonyl (C=O) groups excluding carboxylic acids is 1. The fourth-order valence-electron chi connectivity index (χ4n) is 5.66. The number of hydrogen-bond acceptors (Lipinski definition) is 1. The highest BCUT2D eigenvalue weighted by Gasteiger charge is 2.55. The van der Waals surface area contributed by atoms with E-state index in [2.05, 4.69) is 6.92 Å². The summed E-state index contributed by atoms with van der Waals surface area (Å²) >= 11 is 0. The fourth-order valence-corrected chi connectivity index (χ4v) is 5.66. The first-order chi connectivity index (χ1) is 6.99. The number of carbonyl (C=O) groups is 1. The van der Waals surface area contributed by atoms with Crippen molar-refractivity contribution in [1.29, 1.82) is 0 Å². The van der Waals surface area contributed by atoms with Gasteiger partial charge in [-0.15, -0.1) is 0 Å². The molecule has 0 unspecified atom stereocenters. The molecule has 0 radical (unpaired) electrons. The lowest BCUT2D eigenvalue weighted by molar-refractivity contribution is -0.132. The predicted octanol–water partition coefficient (Wildman–Crippen LogP) is 3.57. The average molecular weight is 206 g/mol. The molecule has 4 saturated carbocycles. The first-order valence-electron chi connectivity index (χ1n) is 6.48. The summed E-state index contributed by atoms with van der Waals surface area (Å²) in [7, 11) is 0. The highest BCUT2D eigenvalue weighted by Crippen LogP contribution is 2.66. The number of ketones is 1. The number of Topliss-reactive ketones (excluding diaryl/α,β-unsaturated/α-hetero) is 1. The van der Waals surface area contributed by atoms with Gasteiger partial charge in [-0.2, -0.15) is 0 Å². The fraction of sp³-hybridized carbons (Fsp3) is 0.929. The maximum atomic E-state index is 11.4. The van der Waals surface area contributed by atoms with Crippen LogP contribution in [0.4, 0.5) is 0 Å². The quantitative estimate of drug-likeness (QED) is 0.675. The molecule has 0 aromatic heterocycles. The number of rotatable bonds is 2. The molecule has 84 valence electrons.